The lowest BCUT2D eigenvalue weighted by atomic mass is 9.93. The third kappa shape index (κ3) is 3.42. The topological polar surface area (TPSA) is 66.9 Å². The summed E-state index contributed by atoms with van der Waals surface area (Å²) in [7, 11) is 0. The lowest BCUT2D eigenvalue weighted by molar-refractivity contribution is -0.384. The van der Waals surface area contributed by atoms with Crippen LogP contribution in [-0.4, -0.2) is 4.92 Å². The van der Waals surface area contributed by atoms with Crippen LogP contribution in [0.2, 0.25) is 0 Å². The number of benzene rings is 2. The van der Waals surface area contributed by atoms with Crippen LogP contribution in [-0.2, 0) is 6.42 Å². The van der Waals surface area contributed by atoms with Gasteiger partial charge in [-0.1, -0.05) is 42.5 Å². The average Bonchev–Trinajstić information content (AvgIpc) is 2.49. The molecule has 1 atom stereocenters. The van der Waals surface area contributed by atoms with Gasteiger partial charge in [-0.3, -0.25) is 10.1 Å². The number of nitro benzene ring substituents is 1. The summed E-state index contributed by atoms with van der Waals surface area (Å²) in [6.07, 6.45) is 1.52. The average molecular weight is 266 g/mol. The predicted octanol–water partition coefficient (Wildman–Crippen LogP) is 3.83. The first kappa shape index (κ1) is 13.8. The van der Waals surface area contributed by atoms with Crippen LogP contribution < -0.4 is 0 Å². The highest BCUT2D eigenvalue weighted by atomic mass is 16.6. The zero-order chi connectivity index (χ0) is 14.4. The van der Waals surface area contributed by atoms with Crippen LogP contribution in [0.15, 0.2) is 54.6 Å². The van der Waals surface area contributed by atoms with Crippen molar-refractivity contribution in [1.29, 1.82) is 5.26 Å². The molecule has 0 aromatic heterocycles. The Morgan fingerprint density at radius 2 is 1.75 bits per heavy atom. The molecule has 0 radical (unpaired) electrons. The molecule has 0 heterocycles. The lowest BCUT2D eigenvalue weighted by Crippen LogP contribution is -1.99. The van der Waals surface area contributed by atoms with E-state index in [4.69, 9.17) is 0 Å². The Bertz CT molecular complexity index is 615. The first-order valence-electron chi connectivity index (χ1n) is 6.38. The van der Waals surface area contributed by atoms with E-state index in [1.807, 2.05) is 30.3 Å². The number of nitro groups is 1. The van der Waals surface area contributed by atoms with E-state index in [1.54, 1.807) is 12.1 Å². The van der Waals surface area contributed by atoms with E-state index < -0.39 is 4.92 Å². The molecule has 2 rings (SSSR count). The zero-order valence-electron chi connectivity index (χ0n) is 10.9. The largest absolute Gasteiger partial charge is 0.269 e. The van der Waals surface area contributed by atoms with Gasteiger partial charge in [0, 0.05) is 12.1 Å². The van der Waals surface area contributed by atoms with Gasteiger partial charge in [-0.15, -0.1) is 0 Å². The molecule has 0 saturated carbocycles. The van der Waals surface area contributed by atoms with Gasteiger partial charge >= 0.3 is 0 Å². The maximum atomic E-state index is 10.6. The minimum Gasteiger partial charge on any atom is -0.258 e. The van der Waals surface area contributed by atoms with Crippen molar-refractivity contribution in [2.75, 3.05) is 0 Å². The summed E-state index contributed by atoms with van der Waals surface area (Å²) < 4.78 is 0. The number of nitrogens with zero attached hydrogens (tertiary/aromatic N) is 2. The van der Waals surface area contributed by atoms with Crippen LogP contribution in [0.4, 0.5) is 5.69 Å². The Morgan fingerprint density at radius 3 is 2.30 bits per heavy atom. The molecule has 0 amide bonds. The van der Waals surface area contributed by atoms with E-state index in [0.717, 1.165) is 12.0 Å². The van der Waals surface area contributed by atoms with Crippen molar-refractivity contribution in [3.05, 3.63) is 75.8 Å². The maximum Gasteiger partial charge on any atom is 0.269 e. The fourth-order valence-electron chi connectivity index (χ4n) is 2.09. The van der Waals surface area contributed by atoms with Gasteiger partial charge in [0.1, 0.15) is 0 Å². The lowest BCUT2D eigenvalue weighted by Gasteiger charge is -2.09. The summed E-state index contributed by atoms with van der Waals surface area (Å²) in [6, 6.07) is 18.5. The second kappa shape index (κ2) is 6.48. The third-order valence-electron chi connectivity index (χ3n) is 3.23. The Labute approximate surface area is 117 Å². The molecule has 0 fully saturated rings. The Morgan fingerprint density at radius 1 is 1.10 bits per heavy atom. The van der Waals surface area contributed by atoms with E-state index >= 15 is 0 Å². The summed E-state index contributed by atoms with van der Waals surface area (Å²) >= 11 is 0. The van der Waals surface area contributed by atoms with E-state index in [1.165, 1.54) is 17.7 Å². The van der Waals surface area contributed by atoms with Crippen LogP contribution >= 0.6 is 0 Å². The van der Waals surface area contributed by atoms with Gasteiger partial charge in [-0.2, -0.15) is 5.26 Å². The number of non-ortho nitro benzene ring substituents is 1. The summed E-state index contributed by atoms with van der Waals surface area (Å²) in [5.41, 5.74) is 2.07. The predicted molar refractivity (Wildman–Crippen MR) is 76.2 cm³/mol. The fraction of sp³-hybridized carbons (Fsp3) is 0.188. The molecular weight excluding hydrogens is 252 g/mol. The molecule has 20 heavy (non-hydrogen) atoms. The highest BCUT2D eigenvalue weighted by Gasteiger charge is 2.12. The smallest absolute Gasteiger partial charge is 0.258 e. The van der Waals surface area contributed by atoms with Gasteiger partial charge in [-0.25, -0.2) is 0 Å². The van der Waals surface area contributed by atoms with E-state index in [2.05, 4.69) is 6.07 Å². The van der Waals surface area contributed by atoms with E-state index in [0.29, 0.717) is 6.42 Å². The van der Waals surface area contributed by atoms with Crippen molar-refractivity contribution in [3.63, 3.8) is 0 Å². The quantitative estimate of drug-likeness (QED) is 0.610. The summed E-state index contributed by atoms with van der Waals surface area (Å²) in [5, 5.41) is 19.9. The number of aryl methyl sites for hydroxylation is 1. The Balaban J connectivity index is 2.05. The van der Waals surface area contributed by atoms with Crippen LogP contribution in [0.25, 0.3) is 0 Å². The Hall–Kier alpha value is -2.67. The molecular formula is C16H14N2O2. The summed E-state index contributed by atoms with van der Waals surface area (Å²) in [4.78, 5) is 10.2. The number of nitriles is 1. The molecule has 0 spiro atoms. The highest BCUT2D eigenvalue weighted by molar-refractivity contribution is 5.36. The molecule has 4 heteroatoms. The highest BCUT2D eigenvalue weighted by Crippen LogP contribution is 2.23. The van der Waals surface area contributed by atoms with Gasteiger partial charge in [0.05, 0.1) is 16.9 Å². The molecule has 0 aliphatic heterocycles. The fourth-order valence-corrected chi connectivity index (χ4v) is 2.09. The minimum atomic E-state index is -0.435. The molecule has 0 bridgehead atoms. The maximum absolute atomic E-state index is 10.6. The van der Waals surface area contributed by atoms with Crippen LogP contribution in [0.3, 0.4) is 0 Å². The molecule has 2 aromatic carbocycles. The van der Waals surface area contributed by atoms with Gasteiger partial charge in [0.2, 0.25) is 0 Å². The second-order valence-electron chi connectivity index (χ2n) is 4.55. The van der Waals surface area contributed by atoms with Gasteiger partial charge < -0.3 is 0 Å². The van der Waals surface area contributed by atoms with Crippen molar-refractivity contribution >= 4 is 5.69 Å². The molecule has 0 saturated heterocycles. The first-order valence-corrected chi connectivity index (χ1v) is 6.38. The zero-order valence-corrected chi connectivity index (χ0v) is 10.9. The van der Waals surface area contributed by atoms with Crippen molar-refractivity contribution in [1.82, 2.24) is 0 Å². The van der Waals surface area contributed by atoms with Crippen molar-refractivity contribution < 1.29 is 4.92 Å². The van der Waals surface area contributed by atoms with Gasteiger partial charge in [-0.05, 0) is 24.0 Å². The molecule has 0 aliphatic carbocycles. The van der Waals surface area contributed by atoms with Crippen LogP contribution in [0.1, 0.15) is 23.5 Å². The standard InChI is InChI=1S/C16H14N2O2/c17-12-15(7-6-13-4-2-1-3-5-13)14-8-10-16(11-9-14)18(19)20/h1-5,8-11,15H,6-7H2. The van der Waals surface area contributed by atoms with Gasteiger partial charge in [0.25, 0.3) is 5.69 Å². The summed E-state index contributed by atoms with van der Waals surface area (Å²) in [5.74, 6) is -0.240. The SMILES string of the molecule is N#CC(CCc1ccccc1)c1ccc([N+](=O)[O-])cc1. The van der Waals surface area contributed by atoms with Crippen molar-refractivity contribution in [2.24, 2.45) is 0 Å². The van der Waals surface area contributed by atoms with E-state index in [-0.39, 0.29) is 11.6 Å². The Kier molecular flexibility index (Phi) is 4.46. The molecule has 0 N–H and O–H groups in total. The van der Waals surface area contributed by atoms with Crippen LogP contribution in [0, 0.1) is 21.4 Å². The van der Waals surface area contributed by atoms with Gasteiger partial charge in [0.15, 0.2) is 0 Å². The molecule has 0 aliphatic rings. The number of hydrogen-bond acceptors (Lipinski definition) is 3. The molecule has 1 unspecified atom stereocenters. The molecule has 4 nitrogen and oxygen atoms in total. The van der Waals surface area contributed by atoms with Crippen LogP contribution in [0.5, 0.6) is 0 Å². The number of rotatable bonds is 5. The second-order valence-corrected chi connectivity index (χ2v) is 4.55. The number of hydrogen-bond donors (Lipinski definition) is 0. The normalized spacial score (nSPS) is 11.6. The summed E-state index contributed by atoms with van der Waals surface area (Å²) in [6.45, 7) is 0. The minimum absolute atomic E-state index is 0.0495. The van der Waals surface area contributed by atoms with E-state index in [9.17, 15) is 15.4 Å². The van der Waals surface area contributed by atoms with Crippen molar-refractivity contribution in [3.8, 4) is 6.07 Å². The molecule has 2 aromatic rings. The third-order valence-corrected chi connectivity index (χ3v) is 3.23. The van der Waals surface area contributed by atoms with Crippen molar-refractivity contribution in [2.45, 2.75) is 18.8 Å². The molecule has 100 valence electrons. The monoisotopic (exact) mass is 266 g/mol. The first-order chi connectivity index (χ1) is 9.70.